The van der Waals surface area contributed by atoms with E-state index in [2.05, 4.69) is 10.3 Å². The molecule has 0 bridgehead atoms. The molecule has 2 rings (SSSR count). The predicted octanol–water partition coefficient (Wildman–Crippen LogP) is 3.48. The number of nitrogens with one attached hydrogen (secondary N) is 1. The lowest BCUT2D eigenvalue weighted by atomic mass is 10.3. The van der Waals surface area contributed by atoms with Crippen LogP contribution in [0.3, 0.4) is 0 Å². The Morgan fingerprint density at radius 3 is 2.69 bits per heavy atom. The van der Waals surface area contributed by atoms with Crippen LogP contribution in [0.1, 0.15) is 0 Å². The highest BCUT2D eigenvalue weighted by atomic mass is 35.5. The van der Waals surface area contributed by atoms with E-state index in [0.29, 0.717) is 22.3 Å². The summed E-state index contributed by atoms with van der Waals surface area (Å²) < 4.78 is 5.18. The van der Waals surface area contributed by atoms with Gasteiger partial charge in [0.2, 0.25) is 0 Å². The molecule has 0 saturated carbocycles. The number of thioether (sulfide) groups is 1. The molecular weight excluding hydrogens is 267 g/mol. The molecule has 0 unspecified atom stereocenters. The van der Waals surface area contributed by atoms with Gasteiger partial charge in [-0.2, -0.15) is 0 Å². The second kappa shape index (κ2) is 5.27. The van der Waals surface area contributed by atoms with Crippen molar-refractivity contribution in [2.45, 2.75) is 5.44 Å². The van der Waals surface area contributed by atoms with Gasteiger partial charge in [-0.1, -0.05) is 41.0 Å². The molecule has 0 spiro atoms. The van der Waals surface area contributed by atoms with E-state index in [9.17, 15) is 0 Å². The minimum atomic E-state index is 0.0729. The zero-order valence-electron chi connectivity index (χ0n) is 8.54. The van der Waals surface area contributed by atoms with E-state index in [-0.39, 0.29) is 5.44 Å². The summed E-state index contributed by atoms with van der Waals surface area (Å²) in [5, 5.41) is 5.05. The van der Waals surface area contributed by atoms with Gasteiger partial charge in [-0.05, 0) is 12.1 Å². The molecule has 1 atom stereocenters. The topological polar surface area (TPSA) is 33.6 Å². The molecule has 0 aromatic heterocycles. The van der Waals surface area contributed by atoms with Crippen LogP contribution >= 0.6 is 35.0 Å². The largest absolute Gasteiger partial charge is 0.368 e. The quantitative estimate of drug-likeness (QED) is 0.898. The van der Waals surface area contributed by atoms with Crippen LogP contribution in [0.2, 0.25) is 10.0 Å². The molecule has 16 heavy (non-hydrogen) atoms. The normalized spacial score (nSPS) is 19.7. The van der Waals surface area contributed by atoms with E-state index in [1.54, 1.807) is 25.3 Å². The molecule has 0 radical (unpaired) electrons. The van der Waals surface area contributed by atoms with Crippen LogP contribution in [0, 0.1) is 0 Å². The maximum Gasteiger partial charge on any atom is 0.163 e. The third-order valence-corrected chi connectivity index (χ3v) is 3.77. The van der Waals surface area contributed by atoms with E-state index in [1.165, 1.54) is 11.8 Å². The Labute approximate surface area is 108 Å². The van der Waals surface area contributed by atoms with Crippen molar-refractivity contribution in [2.24, 2.45) is 4.99 Å². The Hall–Kier alpha value is -0.420. The number of hydrogen-bond donors (Lipinski definition) is 1. The van der Waals surface area contributed by atoms with Crippen molar-refractivity contribution < 1.29 is 4.74 Å². The van der Waals surface area contributed by atoms with Crippen LogP contribution in [0.5, 0.6) is 0 Å². The highest BCUT2D eigenvalue weighted by Gasteiger charge is 2.20. The van der Waals surface area contributed by atoms with Crippen LogP contribution < -0.4 is 5.32 Å². The fraction of sp³-hybridized carbons (Fsp3) is 0.300. The highest BCUT2D eigenvalue weighted by molar-refractivity contribution is 8.14. The van der Waals surface area contributed by atoms with Crippen molar-refractivity contribution >= 4 is 45.8 Å². The first kappa shape index (κ1) is 12.0. The number of anilines is 1. The Balaban J connectivity index is 2.11. The lowest BCUT2D eigenvalue weighted by molar-refractivity contribution is 0.182. The number of para-hydroxylation sites is 1. The first-order valence-corrected chi connectivity index (χ1v) is 6.29. The number of rotatable bonds is 2. The van der Waals surface area contributed by atoms with Crippen molar-refractivity contribution in [3.05, 3.63) is 28.2 Å². The van der Waals surface area contributed by atoms with Crippen molar-refractivity contribution in [3.8, 4) is 0 Å². The average molecular weight is 277 g/mol. The number of amidine groups is 1. The van der Waals surface area contributed by atoms with Gasteiger partial charge >= 0.3 is 0 Å². The third-order valence-electron chi connectivity index (χ3n) is 2.08. The molecule has 1 heterocycles. The van der Waals surface area contributed by atoms with E-state index < -0.39 is 0 Å². The van der Waals surface area contributed by atoms with E-state index >= 15 is 0 Å². The highest BCUT2D eigenvalue weighted by Crippen LogP contribution is 2.32. The number of benzene rings is 1. The van der Waals surface area contributed by atoms with Gasteiger partial charge in [-0.15, -0.1) is 0 Å². The summed E-state index contributed by atoms with van der Waals surface area (Å²) in [5.74, 6) is 0. The maximum atomic E-state index is 6.04. The number of ether oxygens (including phenoxy) is 1. The molecule has 1 aliphatic rings. The second-order valence-electron chi connectivity index (χ2n) is 3.15. The summed E-state index contributed by atoms with van der Waals surface area (Å²) >= 11 is 13.6. The van der Waals surface area contributed by atoms with Crippen molar-refractivity contribution in [1.82, 2.24) is 0 Å². The molecule has 0 fully saturated rings. The fourth-order valence-corrected chi connectivity index (χ4v) is 2.57. The second-order valence-corrected chi connectivity index (χ2v) is 5.11. The first-order chi connectivity index (χ1) is 7.70. The molecule has 86 valence electrons. The van der Waals surface area contributed by atoms with Gasteiger partial charge in [0.1, 0.15) is 5.44 Å². The molecule has 0 aliphatic carbocycles. The van der Waals surface area contributed by atoms with E-state index in [0.717, 1.165) is 5.17 Å². The van der Waals surface area contributed by atoms with Crippen LogP contribution in [0.25, 0.3) is 0 Å². The number of halogens is 2. The number of hydrogen-bond acceptors (Lipinski definition) is 4. The molecule has 6 heteroatoms. The summed E-state index contributed by atoms with van der Waals surface area (Å²) in [5.41, 5.74) is 0.762. The summed E-state index contributed by atoms with van der Waals surface area (Å²) in [4.78, 5) is 4.29. The molecule has 1 aromatic rings. The molecule has 3 nitrogen and oxygen atoms in total. The molecule has 1 aromatic carbocycles. The lowest BCUT2D eigenvalue weighted by Crippen LogP contribution is -2.09. The van der Waals surface area contributed by atoms with E-state index in [4.69, 9.17) is 27.9 Å². The van der Waals surface area contributed by atoms with Crippen LogP contribution in [-0.2, 0) is 4.74 Å². The SMILES string of the molecule is CO[C@@H]1CN=C(Nc2c(Cl)cccc2Cl)S1. The van der Waals surface area contributed by atoms with Crippen LogP contribution in [0.4, 0.5) is 5.69 Å². The summed E-state index contributed by atoms with van der Waals surface area (Å²) in [6.45, 7) is 0.644. The number of aliphatic imine (C=N–C) groups is 1. The summed E-state index contributed by atoms with van der Waals surface area (Å²) in [6, 6.07) is 5.37. The Morgan fingerprint density at radius 2 is 2.12 bits per heavy atom. The van der Waals surface area contributed by atoms with Crippen LogP contribution in [0.15, 0.2) is 23.2 Å². The molecule has 1 N–H and O–H groups in total. The van der Waals surface area contributed by atoms with Gasteiger partial charge in [0, 0.05) is 7.11 Å². The van der Waals surface area contributed by atoms with Crippen molar-refractivity contribution in [3.63, 3.8) is 0 Å². The summed E-state index contributed by atoms with van der Waals surface area (Å²) in [6.07, 6.45) is 0. The van der Waals surface area contributed by atoms with E-state index in [1.807, 2.05) is 0 Å². The minimum absolute atomic E-state index is 0.0729. The first-order valence-electron chi connectivity index (χ1n) is 4.65. The van der Waals surface area contributed by atoms with Gasteiger partial charge in [0.15, 0.2) is 5.17 Å². The van der Waals surface area contributed by atoms with Gasteiger partial charge < -0.3 is 10.1 Å². The smallest absolute Gasteiger partial charge is 0.163 e. The molecule has 1 aliphatic heterocycles. The average Bonchev–Trinajstić information content (AvgIpc) is 2.71. The van der Waals surface area contributed by atoms with Gasteiger partial charge in [0.25, 0.3) is 0 Å². The maximum absolute atomic E-state index is 6.04. The molecule has 0 amide bonds. The van der Waals surface area contributed by atoms with Gasteiger partial charge in [0.05, 0.1) is 22.3 Å². The van der Waals surface area contributed by atoms with Crippen LogP contribution in [-0.4, -0.2) is 24.3 Å². The zero-order chi connectivity index (χ0) is 11.5. The van der Waals surface area contributed by atoms with Gasteiger partial charge in [-0.25, -0.2) is 0 Å². The standard InChI is InChI=1S/C10H10Cl2N2OS/c1-15-8-5-13-10(16-8)14-9-6(11)3-2-4-7(9)12/h2-4,8H,5H2,1H3,(H,13,14)/t8-/m0/s1. The fourth-order valence-electron chi connectivity index (χ4n) is 1.27. The Kier molecular flexibility index (Phi) is 3.97. The number of nitrogens with zero attached hydrogens (tertiary/aromatic N) is 1. The number of methoxy groups -OCH3 is 1. The van der Waals surface area contributed by atoms with Crippen molar-refractivity contribution in [2.75, 3.05) is 19.0 Å². The lowest BCUT2D eigenvalue weighted by Gasteiger charge is -2.10. The van der Waals surface area contributed by atoms with Gasteiger partial charge in [-0.3, -0.25) is 4.99 Å². The zero-order valence-corrected chi connectivity index (χ0v) is 10.9. The monoisotopic (exact) mass is 276 g/mol. The Bertz CT molecular complexity index is 405. The Morgan fingerprint density at radius 1 is 1.44 bits per heavy atom. The van der Waals surface area contributed by atoms with Crippen molar-refractivity contribution in [1.29, 1.82) is 0 Å². The predicted molar refractivity (Wildman–Crippen MR) is 70.8 cm³/mol. The molecular formula is C10H10Cl2N2OS. The third kappa shape index (κ3) is 2.63. The summed E-state index contributed by atoms with van der Waals surface area (Å²) in [7, 11) is 1.67. The minimum Gasteiger partial charge on any atom is -0.368 e. The molecule has 0 saturated heterocycles.